The number of rotatable bonds is 18. The minimum Gasteiger partial charge on any atom is -0.466 e. The van der Waals surface area contributed by atoms with E-state index in [1.807, 2.05) is 0 Å². The lowest BCUT2D eigenvalue weighted by molar-refractivity contribution is -0.144. The van der Waals surface area contributed by atoms with E-state index in [0.29, 0.717) is 12.8 Å². The zero-order valence-electron chi connectivity index (χ0n) is 17.9. The van der Waals surface area contributed by atoms with Crippen molar-refractivity contribution < 1.29 is 23.9 Å². The Labute approximate surface area is 166 Å². The Morgan fingerprint density at radius 3 is 1.56 bits per heavy atom. The molecule has 0 rings (SSSR count). The Morgan fingerprint density at radius 1 is 0.778 bits per heavy atom. The second kappa shape index (κ2) is 15.5. The first kappa shape index (κ1) is 26.6. The van der Waals surface area contributed by atoms with Crippen LogP contribution in [-0.2, 0) is 14.1 Å². The van der Waals surface area contributed by atoms with E-state index in [-0.39, 0.29) is 13.0 Å². The van der Waals surface area contributed by atoms with Gasteiger partial charge in [0.15, 0.2) is 0 Å². The largest absolute Gasteiger partial charge is 0.466 e. The van der Waals surface area contributed by atoms with E-state index < -0.39 is 18.7 Å². The van der Waals surface area contributed by atoms with E-state index >= 15 is 0 Å². The molecule has 162 valence electrons. The Hall–Kier alpha value is -0.380. The van der Waals surface area contributed by atoms with Crippen LogP contribution in [0.25, 0.3) is 0 Å². The maximum atomic E-state index is 12.4. The number of carbonyl (C=O) groups excluding carboxylic acids is 1. The van der Waals surface area contributed by atoms with Crippen LogP contribution in [0.1, 0.15) is 117 Å². The smallest absolute Gasteiger partial charge is 0.332 e. The molecule has 0 aromatic carbocycles. The number of hydrogen-bond acceptors (Lipinski definition) is 3. The minimum atomic E-state index is -4.41. The Balaban J connectivity index is 4.87. The number of unbranched alkanes of at least 4 members (excludes halogenated alkanes) is 10. The first-order valence-electron chi connectivity index (χ1n) is 11.0. The standard InChI is InChI=1S/C21H43O5P/c1-4-7-9-11-13-15-17-21(27(23,24)25,19-20(22)26-6-3)18-16-14-12-10-8-5-2/h4-19H2,1-3H3,(H2,23,24,25). The molecule has 0 aromatic heterocycles. The molecule has 6 heteroatoms. The van der Waals surface area contributed by atoms with Gasteiger partial charge in [-0.15, -0.1) is 0 Å². The molecule has 0 saturated heterocycles. The fourth-order valence-corrected chi connectivity index (χ4v) is 4.88. The molecule has 5 nitrogen and oxygen atoms in total. The van der Waals surface area contributed by atoms with Crippen molar-refractivity contribution in [1.29, 1.82) is 0 Å². The van der Waals surface area contributed by atoms with Gasteiger partial charge in [-0.25, -0.2) is 0 Å². The highest BCUT2D eigenvalue weighted by atomic mass is 31.2. The number of esters is 1. The third-order valence-corrected chi connectivity index (χ3v) is 7.23. The van der Waals surface area contributed by atoms with Crippen molar-refractivity contribution in [1.82, 2.24) is 0 Å². The molecule has 27 heavy (non-hydrogen) atoms. The number of carbonyl (C=O) groups is 1. The van der Waals surface area contributed by atoms with Crippen LogP contribution in [-0.4, -0.2) is 27.5 Å². The second-order valence-electron chi connectivity index (χ2n) is 7.79. The van der Waals surface area contributed by atoms with Crippen LogP contribution in [0.15, 0.2) is 0 Å². The summed E-state index contributed by atoms with van der Waals surface area (Å²) < 4.78 is 17.4. The molecule has 0 amide bonds. The first-order chi connectivity index (χ1) is 12.8. The molecule has 0 heterocycles. The molecular weight excluding hydrogens is 363 g/mol. The van der Waals surface area contributed by atoms with Gasteiger partial charge in [0.25, 0.3) is 0 Å². The lowest BCUT2D eigenvalue weighted by Gasteiger charge is -2.34. The summed E-state index contributed by atoms with van der Waals surface area (Å²) in [6.07, 6.45) is 13.3. The Kier molecular flexibility index (Phi) is 15.3. The molecule has 0 aromatic rings. The lowest BCUT2D eigenvalue weighted by Crippen LogP contribution is -2.33. The van der Waals surface area contributed by atoms with Gasteiger partial charge in [0.2, 0.25) is 0 Å². The summed E-state index contributed by atoms with van der Waals surface area (Å²) >= 11 is 0. The highest BCUT2D eigenvalue weighted by molar-refractivity contribution is 7.53. The SMILES string of the molecule is CCCCCCCCC(CCCCCCCC)(CC(=O)OCC)P(=O)(O)O. The molecule has 0 unspecified atom stereocenters. The predicted octanol–water partition coefficient (Wildman–Crippen LogP) is 6.36. The summed E-state index contributed by atoms with van der Waals surface area (Å²) in [6.45, 7) is 6.29. The van der Waals surface area contributed by atoms with Crippen molar-refractivity contribution in [2.75, 3.05) is 6.61 Å². The van der Waals surface area contributed by atoms with Crippen LogP contribution in [0.4, 0.5) is 0 Å². The van der Waals surface area contributed by atoms with Gasteiger partial charge in [0, 0.05) is 0 Å². The van der Waals surface area contributed by atoms with Crippen molar-refractivity contribution in [3.05, 3.63) is 0 Å². The molecule has 0 bridgehead atoms. The van der Waals surface area contributed by atoms with Crippen molar-refractivity contribution >= 4 is 13.6 Å². The van der Waals surface area contributed by atoms with Gasteiger partial charge in [-0.05, 0) is 19.8 Å². The van der Waals surface area contributed by atoms with E-state index in [0.717, 1.165) is 51.4 Å². The molecule has 0 saturated carbocycles. The van der Waals surface area contributed by atoms with E-state index in [1.165, 1.54) is 25.7 Å². The first-order valence-corrected chi connectivity index (χ1v) is 12.7. The van der Waals surface area contributed by atoms with Crippen molar-refractivity contribution in [2.24, 2.45) is 0 Å². The van der Waals surface area contributed by atoms with Crippen molar-refractivity contribution in [3.8, 4) is 0 Å². The van der Waals surface area contributed by atoms with Gasteiger partial charge in [0.1, 0.15) is 0 Å². The maximum absolute atomic E-state index is 12.4. The number of ether oxygens (including phenoxy) is 1. The van der Waals surface area contributed by atoms with Gasteiger partial charge >= 0.3 is 13.6 Å². The normalized spacial score (nSPS) is 12.3. The third-order valence-electron chi connectivity index (χ3n) is 5.39. The van der Waals surface area contributed by atoms with Gasteiger partial charge in [-0.2, -0.15) is 0 Å². The van der Waals surface area contributed by atoms with Crippen LogP contribution < -0.4 is 0 Å². The quantitative estimate of drug-likeness (QED) is 0.157. The predicted molar refractivity (Wildman–Crippen MR) is 112 cm³/mol. The molecule has 0 aliphatic rings. The van der Waals surface area contributed by atoms with Gasteiger partial charge in [-0.3, -0.25) is 9.36 Å². The van der Waals surface area contributed by atoms with E-state index in [4.69, 9.17) is 4.74 Å². The molecule has 0 radical (unpaired) electrons. The molecular formula is C21H43O5P. The topological polar surface area (TPSA) is 83.8 Å². The monoisotopic (exact) mass is 406 g/mol. The zero-order chi connectivity index (χ0) is 20.6. The lowest BCUT2D eigenvalue weighted by atomic mass is 9.90. The van der Waals surface area contributed by atoms with Crippen LogP contribution in [0.5, 0.6) is 0 Å². The molecule has 2 N–H and O–H groups in total. The van der Waals surface area contributed by atoms with Crippen molar-refractivity contribution in [3.63, 3.8) is 0 Å². The second-order valence-corrected chi connectivity index (χ2v) is 9.82. The molecule has 0 fully saturated rings. The van der Waals surface area contributed by atoms with Crippen LogP contribution in [0.2, 0.25) is 0 Å². The molecule has 0 spiro atoms. The summed E-state index contributed by atoms with van der Waals surface area (Å²) in [4.78, 5) is 32.3. The van der Waals surface area contributed by atoms with Gasteiger partial charge in [-0.1, -0.05) is 90.9 Å². The minimum absolute atomic E-state index is 0.172. The third kappa shape index (κ3) is 11.9. The van der Waals surface area contributed by atoms with Crippen LogP contribution in [0.3, 0.4) is 0 Å². The number of hydrogen-bond donors (Lipinski definition) is 2. The molecule has 0 atom stereocenters. The summed E-state index contributed by atoms with van der Waals surface area (Å²) in [5, 5.41) is -1.26. The maximum Gasteiger partial charge on any atom is 0.332 e. The highest BCUT2D eigenvalue weighted by Crippen LogP contribution is 2.58. The average molecular weight is 407 g/mol. The van der Waals surface area contributed by atoms with Gasteiger partial charge < -0.3 is 14.5 Å². The molecule has 0 aliphatic heterocycles. The average Bonchev–Trinajstić information content (AvgIpc) is 2.59. The fraction of sp³-hybridized carbons (Fsp3) is 0.952. The van der Waals surface area contributed by atoms with Crippen molar-refractivity contribution in [2.45, 2.75) is 122 Å². The van der Waals surface area contributed by atoms with Crippen LogP contribution in [0, 0.1) is 0 Å². The summed E-state index contributed by atoms with van der Waals surface area (Å²) in [5.74, 6) is -0.488. The van der Waals surface area contributed by atoms with Gasteiger partial charge in [0.05, 0.1) is 18.2 Å². The molecule has 0 aliphatic carbocycles. The van der Waals surface area contributed by atoms with E-state index in [2.05, 4.69) is 13.8 Å². The Morgan fingerprint density at radius 2 is 1.19 bits per heavy atom. The van der Waals surface area contributed by atoms with E-state index in [1.54, 1.807) is 6.92 Å². The summed E-state index contributed by atoms with van der Waals surface area (Å²) in [7, 11) is -4.41. The van der Waals surface area contributed by atoms with E-state index in [9.17, 15) is 19.1 Å². The van der Waals surface area contributed by atoms with Crippen LogP contribution >= 0.6 is 7.60 Å². The zero-order valence-corrected chi connectivity index (χ0v) is 18.8. The Bertz CT molecular complexity index is 403. The highest BCUT2D eigenvalue weighted by Gasteiger charge is 2.47. The summed E-state index contributed by atoms with van der Waals surface area (Å²) in [6, 6.07) is 0. The summed E-state index contributed by atoms with van der Waals surface area (Å²) in [5.41, 5.74) is 0. The fourth-order valence-electron chi connectivity index (χ4n) is 3.65.